The minimum atomic E-state index is -0.536. The Morgan fingerprint density at radius 1 is 1.16 bits per heavy atom. The third-order valence-electron chi connectivity index (χ3n) is 2.60. The number of benzene rings is 1. The first kappa shape index (κ1) is 13.4. The van der Waals surface area contributed by atoms with Crippen molar-refractivity contribution < 1.29 is 14.6 Å². The number of aliphatic hydroxyl groups excluding tert-OH is 1. The van der Waals surface area contributed by atoms with Gasteiger partial charge >= 0.3 is 0 Å². The first-order valence-corrected chi connectivity index (χ1v) is 6.23. The topological polar surface area (TPSA) is 51.6 Å². The number of pyridine rings is 1. The Labute approximate surface area is 112 Å². The molecule has 0 saturated carbocycles. The molecule has 0 aliphatic carbocycles. The van der Waals surface area contributed by atoms with Crippen LogP contribution in [0.3, 0.4) is 0 Å². The summed E-state index contributed by atoms with van der Waals surface area (Å²) in [5.41, 5.74) is 0.774. The van der Waals surface area contributed by atoms with Crippen LogP contribution in [0.15, 0.2) is 42.6 Å². The van der Waals surface area contributed by atoms with Crippen molar-refractivity contribution in [2.45, 2.75) is 20.0 Å². The normalized spacial score (nSPS) is 11.9. The van der Waals surface area contributed by atoms with Gasteiger partial charge in [0.1, 0.15) is 11.5 Å². The van der Waals surface area contributed by atoms with Gasteiger partial charge in [0.05, 0.1) is 12.7 Å². The van der Waals surface area contributed by atoms with Crippen molar-refractivity contribution in [1.82, 2.24) is 4.98 Å². The van der Waals surface area contributed by atoms with Crippen LogP contribution in [0, 0.1) is 0 Å². The summed E-state index contributed by atoms with van der Waals surface area (Å²) in [5, 5.41) is 9.51. The zero-order valence-electron chi connectivity index (χ0n) is 11.0. The molecule has 1 aromatic carbocycles. The third-order valence-corrected chi connectivity index (χ3v) is 2.60. The zero-order chi connectivity index (χ0) is 13.7. The molecule has 0 saturated heterocycles. The van der Waals surface area contributed by atoms with E-state index in [-0.39, 0.29) is 0 Å². The van der Waals surface area contributed by atoms with Gasteiger partial charge in [-0.3, -0.25) is 0 Å². The van der Waals surface area contributed by atoms with Crippen LogP contribution < -0.4 is 9.47 Å². The lowest BCUT2D eigenvalue weighted by Gasteiger charge is -2.09. The van der Waals surface area contributed by atoms with Gasteiger partial charge in [-0.15, -0.1) is 0 Å². The Bertz CT molecular complexity index is 523. The van der Waals surface area contributed by atoms with Crippen LogP contribution in [-0.4, -0.2) is 16.7 Å². The number of aliphatic hydroxyl groups is 1. The largest absolute Gasteiger partial charge is 0.494 e. The highest BCUT2D eigenvalue weighted by molar-refractivity contribution is 5.34. The molecule has 0 aliphatic rings. The first-order valence-electron chi connectivity index (χ1n) is 6.23. The van der Waals surface area contributed by atoms with Crippen LogP contribution in [0.4, 0.5) is 0 Å². The fourth-order valence-corrected chi connectivity index (χ4v) is 1.63. The predicted molar refractivity (Wildman–Crippen MR) is 72.6 cm³/mol. The second kappa shape index (κ2) is 6.20. The van der Waals surface area contributed by atoms with Crippen molar-refractivity contribution in [2.75, 3.05) is 6.61 Å². The molecule has 19 heavy (non-hydrogen) atoms. The molecule has 0 spiro atoms. The maximum Gasteiger partial charge on any atom is 0.219 e. The van der Waals surface area contributed by atoms with E-state index in [2.05, 4.69) is 4.98 Å². The maximum absolute atomic E-state index is 9.51. The molecular weight excluding hydrogens is 242 g/mol. The van der Waals surface area contributed by atoms with Crippen molar-refractivity contribution in [3.05, 3.63) is 48.2 Å². The smallest absolute Gasteiger partial charge is 0.219 e. The highest BCUT2D eigenvalue weighted by Crippen LogP contribution is 2.24. The van der Waals surface area contributed by atoms with Gasteiger partial charge in [0.2, 0.25) is 5.88 Å². The van der Waals surface area contributed by atoms with E-state index in [0.29, 0.717) is 18.2 Å². The van der Waals surface area contributed by atoms with Crippen LogP contribution in [0.1, 0.15) is 25.5 Å². The summed E-state index contributed by atoms with van der Waals surface area (Å²) >= 11 is 0. The molecule has 100 valence electrons. The highest BCUT2D eigenvalue weighted by Gasteiger charge is 2.04. The molecule has 4 nitrogen and oxygen atoms in total. The van der Waals surface area contributed by atoms with Crippen molar-refractivity contribution in [3.8, 4) is 17.4 Å². The number of hydrogen-bond donors (Lipinski definition) is 1. The van der Waals surface area contributed by atoms with Gasteiger partial charge in [-0.05, 0) is 49.7 Å². The molecule has 1 aromatic heterocycles. The van der Waals surface area contributed by atoms with Gasteiger partial charge < -0.3 is 14.6 Å². The van der Waals surface area contributed by atoms with Crippen molar-refractivity contribution in [1.29, 1.82) is 0 Å². The van der Waals surface area contributed by atoms with Crippen LogP contribution in [-0.2, 0) is 0 Å². The Kier molecular flexibility index (Phi) is 4.36. The predicted octanol–water partition coefficient (Wildman–Crippen LogP) is 3.33. The lowest BCUT2D eigenvalue weighted by atomic mass is 10.2. The SMILES string of the molecule is CCOc1ccc(Oc2cc([C@@H](C)O)ccn2)cc1. The quantitative estimate of drug-likeness (QED) is 0.894. The van der Waals surface area contributed by atoms with E-state index in [1.165, 1.54) is 0 Å². The monoisotopic (exact) mass is 259 g/mol. The molecule has 0 bridgehead atoms. The molecule has 4 heteroatoms. The molecule has 0 unspecified atom stereocenters. The van der Waals surface area contributed by atoms with Crippen LogP contribution in [0.25, 0.3) is 0 Å². The lowest BCUT2D eigenvalue weighted by Crippen LogP contribution is -1.94. The molecule has 0 aliphatic heterocycles. The molecule has 2 rings (SSSR count). The van der Waals surface area contributed by atoms with E-state index in [1.54, 1.807) is 25.3 Å². The van der Waals surface area contributed by atoms with Gasteiger partial charge in [-0.25, -0.2) is 4.98 Å². The molecule has 1 atom stereocenters. The summed E-state index contributed by atoms with van der Waals surface area (Å²) in [6, 6.07) is 10.8. The van der Waals surface area contributed by atoms with E-state index >= 15 is 0 Å². The van der Waals surface area contributed by atoms with E-state index in [9.17, 15) is 5.11 Å². The average Bonchev–Trinajstić information content (AvgIpc) is 2.42. The Hall–Kier alpha value is -2.07. The van der Waals surface area contributed by atoms with E-state index < -0.39 is 6.10 Å². The Morgan fingerprint density at radius 2 is 1.84 bits per heavy atom. The first-order chi connectivity index (χ1) is 9.19. The maximum atomic E-state index is 9.51. The van der Waals surface area contributed by atoms with Crippen molar-refractivity contribution in [3.63, 3.8) is 0 Å². The summed E-state index contributed by atoms with van der Waals surface area (Å²) < 4.78 is 11.0. The minimum absolute atomic E-state index is 0.461. The second-order valence-electron chi connectivity index (χ2n) is 4.11. The Balaban J connectivity index is 2.10. The molecule has 1 heterocycles. The van der Waals surface area contributed by atoms with E-state index in [4.69, 9.17) is 9.47 Å². The Morgan fingerprint density at radius 3 is 2.47 bits per heavy atom. The molecule has 0 radical (unpaired) electrons. The van der Waals surface area contributed by atoms with Crippen LogP contribution >= 0.6 is 0 Å². The van der Waals surface area contributed by atoms with Gasteiger partial charge in [0.15, 0.2) is 0 Å². The number of hydrogen-bond acceptors (Lipinski definition) is 4. The van der Waals surface area contributed by atoms with E-state index in [1.807, 2.05) is 31.2 Å². The van der Waals surface area contributed by atoms with Gasteiger partial charge in [0.25, 0.3) is 0 Å². The molecule has 0 fully saturated rings. The van der Waals surface area contributed by atoms with Crippen LogP contribution in [0.5, 0.6) is 17.4 Å². The summed E-state index contributed by atoms with van der Waals surface area (Å²) in [6.07, 6.45) is 1.08. The molecule has 1 N–H and O–H groups in total. The number of rotatable bonds is 5. The third kappa shape index (κ3) is 3.69. The number of ether oxygens (including phenoxy) is 2. The fourth-order valence-electron chi connectivity index (χ4n) is 1.63. The number of aromatic nitrogens is 1. The molecule has 0 amide bonds. The van der Waals surface area contributed by atoms with Gasteiger partial charge in [0, 0.05) is 12.3 Å². The second-order valence-corrected chi connectivity index (χ2v) is 4.11. The minimum Gasteiger partial charge on any atom is -0.494 e. The molecule has 2 aromatic rings. The van der Waals surface area contributed by atoms with Gasteiger partial charge in [-0.2, -0.15) is 0 Å². The molecular formula is C15H17NO3. The summed E-state index contributed by atoms with van der Waals surface area (Å²) in [4.78, 5) is 4.11. The zero-order valence-corrected chi connectivity index (χ0v) is 11.0. The average molecular weight is 259 g/mol. The highest BCUT2D eigenvalue weighted by atomic mass is 16.5. The van der Waals surface area contributed by atoms with E-state index in [0.717, 1.165) is 11.3 Å². The summed E-state index contributed by atoms with van der Waals surface area (Å²) in [7, 11) is 0. The lowest BCUT2D eigenvalue weighted by molar-refractivity contribution is 0.198. The van der Waals surface area contributed by atoms with Gasteiger partial charge in [-0.1, -0.05) is 0 Å². The summed E-state index contributed by atoms with van der Waals surface area (Å²) in [6.45, 7) is 4.28. The summed E-state index contributed by atoms with van der Waals surface area (Å²) in [5.74, 6) is 1.95. The number of nitrogens with zero attached hydrogens (tertiary/aromatic N) is 1. The fraction of sp³-hybridized carbons (Fsp3) is 0.267. The van der Waals surface area contributed by atoms with Crippen molar-refractivity contribution >= 4 is 0 Å². The van der Waals surface area contributed by atoms with Crippen molar-refractivity contribution in [2.24, 2.45) is 0 Å². The van der Waals surface area contributed by atoms with Crippen LogP contribution in [0.2, 0.25) is 0 Å². The standard InChI is InChI=1S/C15H17NO3/c1-3-18-13-4-6-14(7-5-13)19-15-10-12(11(2)17)8-9-16-15/h4-11,17H,3H2,1-2H3/t11-/m1/s1.